The number of hydrogen-bond acceptors (Lipinski definition) is 8. The largest absolute Gasteiger partial charge is 0.494 e. The van der Waals surface area contributed by atoms with Crippen LogP contribution in [0.25, 0.3) is 22.3 Å². The molecule has 40 heavy (non-hydrogen) atoms. The van der Waals surface area contributed by atoms with Gasteiger partial charge >= 0.3 is 0 Å². The van der Waals surface area contributed by atoms with E-state index >= 15 is 0 Å². The fourth-order valence-corrected chi connectivity index (χ4v) is 4.23. The highest BCUT2D eigenvalue weighted by Gasteiger charge is 2.19. The first-order chi connectivity index (χ1) is 19.1. The molecule has 0 saturated heterocycles. The molecule has 2 N–H and O–H groups in total. The van der Waals surface area contributed by atoms with Crippen LogP contribution in [-0.4, -0.2) is 39.9 Å². The number of carbonyl (C=O) groups excluding carboxylic acids is 1. The molecule has 11 heteroatoms. The van der Waals surface area contributed by atoms with E-state index in [1.807, 2.05) is 39.8 Å². The van der Waals surface area contributed by atoms with Gasteiger partial charge in [-0.1, -0.05) is 26.0 Å². The van der Waals surface area contributed by atoms with Gasteiger partial charge in [0.25, 0.3) is 17.2 Å². The lowest BCUT2D eigenvalue weighted by molar-refractivity contribution is -0.384. The number of carbonyl (C=O) groups is 1. The van der Waals surface area contributed by atoms with Gasteiger partial charge in [0, 0.05) is 23.3 Å². The molecule has 0 aliphatic heterocycles. The van der Waals surface area contributed by atoms with Crippen molar-refractivity contribution in [2.45, 2.75) is 33.6 Å². The molecular weight excluding hydrogens is 514 g/mol. The Labute approximate surface area is 230 Å². The fourth-order valence-electron chi connectivity index (χ4n) is 4.23. The Morgan fingerprint density at radius 3 is 2.58 bits per heavy atom. The summed E-state index contributed by atoms with van der Waals surface area (Å²) in [4.78, 5) is 40.6. The van der Waals surface area contributed by atoms with Gasteiger partial charge in [-0.15, -0.1) is 0 Å². The van der Waals surface area contributed by atoms with Crippen LogP contribution in [0.3, 0.4) is 0 Å². The maximum absolute atomic E-state index is 13.7. The highest BCUT2D eigenvalue weighted by atomic mass is 16.6. The summed E-state index contributed by atoms with van der Waals surface area (Å²) in [5.41, 5.74) is 7.66. The number of nitrogens with zero attached hydrogens (tertiary/aromatic N) is 4. The van der Waals surface area contributed by atoms with Gasteiger partial charge in [-0.25, -0.2) is 4.98 Å². The number of amides is 1. The number of non-ortho nitro benzene ring substituents is 1. The zero-order valence-corrected chi connectivity index (χ0v) is 22.6. The van der Waals surface area contributed by atoms with Gasteiger partial charge in [0.2, 0.25) is 0 Å². The average molecular weight is 544 g/mol. The Hall–Kier alpha value is -5.06. The number of ether oxygens (including phenoxy) is 2. The summed E-state index contributed by atoms with van der Waals surface area (Å²) in [7, 11) is 0. The summed E-state index contributed by atoms with van der Waals surface area (Å²) in [6.45, 7) is 7.97. The lowest BCUT2D eigenvalue weighted by atomic mass is 9.96. The second kappa shape index (κ2) is 11.8. The fraction of sp³-hybridized carbons (Fsp3) is 0.241. The molecule has 0 aliphatic rings. The number of nitrogens with two attached hydrogens (primary N) is 1. The molecule has 1 aromatic heterocycles. The van der Waals surface area contributed by atoms with Crippen LogP contribution in [-0.2, 0) is 4.79 Å². The van der Waals surface area contributed by atoms with Crippen molar-refractivity contribution in [3.8, 4) is 22.9 Å². The van der Waals surface area contributed by atoms with Gasteiger partial charge < -0.3 is 15.2 Å². The molecule has 0 atom stereocenters. The number of para-hydroxylation sites is 1. The van der Waals surface area contributed by atoms with Crippen LogP contribution < -0.4 is 20.8 Å². The molecule has 3 aromatic carbocycles. The van der Waals surface area contributed by atoms with E-state index in [0.717, 1.165) is 21.6 Å². The van der Waals surface area contributed by atoms with E-state index in [1.165, 1.54) is 24.4 Å². The number of hydrogen-bond donors (Lipinski definition) is 1. The molecule has 4 rings (SSSR count). The first kappa shape index (κ1) is 28.0. The number of nitro benzene ring substituents is 1. The van der Waals surface area contributed by atoms with Crippen molar-refractivity contribution >= 4 is 28.7 Å². The van der Waals surface area contributed by atoms with Crippen LogP contribution in [0.15, 0.2) is 64.5 Å². The third-order valence-corrected chi connectivity index (χ3v) is 6.16. The molecule has 1 heterocycles. The van der Waals surface area contributed by atoms with Crippen molar-refractivity contribution in [1.29, 1.82) is 0 Å². The standard InChI is InChI=1S/C29H29N5O6/c1-5-39-26-12-18(4)23(14-22(26)17(2)3)28-32-24-9-7-6-8-21(24)29(36)33(28)31-15-19-13-20(34(37)38)10-11-25(19)40-16-27(30)35/h6-15,17H,5,16H2,1-4H3,(H2,30,35). The van der Waals surface area contributed by atoms with Crippen LogP contribution in [0.5, 0.6) is 11.5 Å². The maximum atomic E-state index is 13.7. The molecule has 0 radical (unpaired) electrons. The quantitative estimate of drug-likeness (QED) is 0.175. The van der Waals surface area contributed by atoms with E-state index in [9.17, 15) is 19.7 Å². The van der Waals surface area contributed by atoms with Crippen molar-refractivity contribution < 1.29 is 19.2 Å². The minimum Gasteiger partial charge on any atom is -0.494 e. The zero-order chi connectivity index (χ0) is 29.0. The monoisotopic (exact) mass is 543 g/mol. The van der Waals surface area contributed by atoms with Crippen LogP contribution in [0.4, 0.5) is 5.69 Å². The Balaban J connectivity index is 1.96. The molecule has 0 fully saturated rings. The summed E-state index contributed by atoms with van der Waals surface area (Å²) < 4.78 is 12.5. The molecule has 0 spiro atoms. The second-order valence-corrected chi connectivity index (χ2v) is 9.34. The number of benzene rings is 3. The van der Waals surface area contributed by atoms with Crippen molar-refractivity contribution in [2.24, 2.45) is 10.8 Å². The van der Waals surface area contributed by atoms with Crippen LogP contribution in [0.2, 0.25) is 0 Å². The topological polar surface area (TPSA) is 152 Å². The predicted molar refractivity (Wildman–Crippen MR) is 152 cm³/mol. The van der Waals surface area contributed by atoms with Crippen LogP contribution in [0, 0.1) is 17.0 Å². The van der Waals surface area contributed by atoms with Gasteiger partial charge in [0.15, 0.2) is 12.4 Å². The maximum Gasteiger partial charge on any atom is 0.282 e. The highest BCUT2D eigenvalue weighted by Crippen LogP contribution is 2.34. The van der Waals surface area contributed by atoms with Crippen molar-refractivity contribution in [3.05, 3.63) is 91.8 Å². The molecule has 0 bridgehead atoms. The molecule has 4 aromatic rings. The number of aromatic nitrogens is 2. The molecule has 1 amide bonds. The highest BCUT2D eigenvalue weighted by molar-refractivity contribution is 5.86. The van der Waals surface area contributed by atoms with Gasteiger partial charge in [0.05, 0.1) is 28.6 Å². The zero-order valence-electron chi connectivity index (χ0n) is 22.6. The third-order valence-electron chi connectivity index (χ3n) is 6.16. The number of primary amides is 1. The van der Waals surface area contributed by atoms with E-state index in [-0.39, 0.29) is 28.7 Å². The predicted octanol–water partition coefficient (Wildman–Crippen LogP) is 4.55. The number of nitro groups is 1. The Morgan fingerprint density at radius 2 is 1.90 bits per heavy atom. The molecule has 0 aliphatic carbocycles. The van der Waals surface area contributed by atoms with Crippen LogP contribution in [0.1, 0.15) is 43.4 Å². The van der Waals surface area contributed by atoms with E-state index in [4.69, 9.17) is 20.2 Å². The average Bonchev–Trinajstić information content (AvgIpc) is 2.91. The van der Waals surface area contributed by atoms with E-state index in [0.29, 0.717) is 23.1 Å². The lowest BCUT2D eigenvalue weighted by Crippen LogP contribution is -2.21. The normalized spacial score (nSPS) is 11.3. The van der Waals surface area contributed by atoms with E-state index in [2.05, 4.69) is 5.10 Å². The van der Waals surface area contributed by atoms with Gasteiger partial charge in [-0.3, -0.25) is 19.7 Å². The smallest absolute Gasteiger partial charge is 0.282 e. The van der Waals surface area contributed by atoms with Crippen molar-refractivity contribution in [2.75, 3.05) is 13.2 Å². The van der Waals surface area contributed by atoms with E-state index in [1.54, 1.807) is 24.3 Å². The van der Waals surface area contributed by atoms with Crippen LogP contribution >= 0.6 is 0 Å². The van der Waals surface area contributed by atoms with Gasteiger partial charge in [-0.05, 0) is 61.2 Å². The summed E-state index contributed by atoms with van der Waals surface area (Å²) in [5, 5.41) is 16.2. The Morgan fingerprint density at radius 1 is 1.15 bits per heavy atom. The second-order valence-electron chi connectivity index (χ2n) is 9.34. The lowest BCUT2D eigenvalue weighted by Gasteiger charge is -2.18. The van der Waals surface area contributed by atoms with Gasteiger partial charge in [0.1, 0.15) is 11.5 Å². The Bertz CT molecular complexity index is 1690. The minimum absolute atomic E-state index is 0.125. The molecule has 206 valence electrons. The summed E-state index contributed by atoms with van der Waals surface area (Å²) >= 11 is 0. The molecule has 0 saturated carbocycles. The third kappa shape index (κ3) is 5.83. The molecular formula is C29H29N5O6. The van der Waals surface area contributed by atoms with Gasteiger partial charge in [-0.2, -0.15) is 9.78 Å². The van der Waals surface area contributed by atoms with Crippen molar-refractivity contribution in [1.82, 2.24) is 9.66 Å². The molecule has 0 unspecified atom stereocenters. The summed E-state index contributed by atoms with van der Waals surface area (Å²) in [5.74, 6) is 0.582. The number of aryl methyl sites for hydroxylation is 1. The van der Waals surface area contributed by atoms with Crippen molar-refractivity contribution in [3.63, 3.8) is 0 Å². The molecule has 11 nitrogen and oxygen atoms in total. The summed E-state index contributed by atoms with van der Waals surface area (Å²) in [6.07, 6.45) is 1.26. The van der Waals surface area contributed by atoms with E-state index < -0.39 is 23.0 Å². The first-order valence-electron chi connectivity index (χ1n) is 12.6. The first-order valence-corrected chi connectivity index (χ1v) is 12.6. The number of fused-ring (bicyclic) bond motifs is 1. The Kier molecular flexibility index (Phi) is 8.23. The SMILES string of the molecule is CCOc1cc(C)c(-c2nc3ccccc3c(=O)n2N=Cc2cc([N+](=O)[O-])ccc2OCC(N)=O)cc1C(C)C. The number of rotatable bonds is 10. The summed E-state index contributed by atoms with van der Waals surface area (Å²) in [6, 6.07) is 14.6. The minimum atomic E-state index is -0.717.